The van der Waals surface area contributed by atoms with E-state index in [0.29, 0.717) is 27.4 Å². The van der Waals surface area contributed by atoms with Crippen LogP contribution in [0.2, 0.25) is 0 Å². The summed E-state index contributed by atoms with van der Waals surface area (Å²) in [5.41, 5.74) is 5.27. The number of halogens is 3. The van der Waals surface area contributed by atoms with Gasteiger partial charge in [0.25, 0.3) is 5.91 Å². The lowest BCUT2D eigenvalue weighted by Gasteiger charge is -2.19. The van der Waals surface area contributed by atoms with Crippen molar-refractivity contribution in [3.05, 3.63) is 48.3 Å². The van der Waals surface area contributed by atoms with E-state index >= 15 is 0 Å². The number of nitrogens with two attached hydrogens (primary N) is 1. The molecule has 3 N–H and O–H groups in total. The van der Waals surface area contributed by atoms with Crippen LogP contribution in [0.1, 0.15) is 12.0 Å². The number of fused-ring (bicyclic) bond motifs is 1. The summed E-state index contributed by atoms with van der Waals surface area (Å²) in [5, 5.41) is 11.2. The molecule has 1 aliphatic rings. The van der Waals surface area contributed by atoms with Gasteiger partial charge in [-0.25, -0.2) is 15.0 Å². The van der Waals surface area contributed by atoms with Crippen LogP contribution in [0.3, 0.4) is 0 Å². The number of aromatic nitrogens is 3. The highest BCUT2D eigenvalue weighted by Crippen LogP contribution is 2.27. The molecule has 1 amide bonds. The van der Waals surface area contributed by atoms with Crippen molar-refractivity contribution in [2.24, 2.45) is 0 Å². The summed E-state index contributed by atoms with van der Waals surface area (Å²) in [6, 6.07) is 8.47. The lowest BCUT2D eigenvalue weighted by atomic mass is 10.0. The maximum absolute atomic E-state index is 12.6. The van der Waals surface area contributed by atoms with Gasteiger partial charge in [-0.05, 0) is 18.2 Å². The third-order valence-electron chi connectivity index (χ3n) is 4.82. The Balaban J connectivity index is 1.60. The second kappa shape index (κ2) is 7.52. The minimum absolute atomic E-state index is 0.200. The first-order valence-electron chi connectivity index (χ1n) is 9.24. The number of nitrogen functional groups attached to an aromatic ring is 1. The maximum atomic E-state index is 12.6. The van der Waals surface area contributed by atoms with E-state index in [1.165, 1.54) is 0 Å². The Morgan fingerprint density at radius 1 is 1.26 bits per heavy atom. The molecule has 1 atom stereocenters. The van der Waals surface area contributed by atoms with Gasteiger partial charge in [-0.3, -0.25) is 4.79 Å². The summed E-state index contributed by atoms with van der Waals surface area (Å²) in [6.07, 6.45) is -1.57. The van der Waals surface area contributed by atoms with Crippen LogP contribution in [0.15, 0.2) is 42.7 Å². The maximum Gasteiger partial charge on any atom is 0.406 e. The van der Waals surface area contributed by atoms with Crippen molar-refractivity contribution in [1.29, 1.82) is 0 Å². The first-order valence-corrected chi connectivity index (χ1v) is 9.24. The van der Waals surface area contributed by atoms with Crippen molar-refractivity contribution in [3.8, 4) is 23.2 Å². The average molecular weight is 427 g/mol. The first-order chi connectivity index (χ1) is 14.6. The van der Waals surface area contributed by atoms with E-state index in [-0.39, 0.29) is 18.8 Å². The fourth-order valence-electron chi connectivity index (χ4n) is 3.28. The van der Waals surface area contributed by atoms with E-state index in [9.17, 15) is 23.1 Å². The number of likely N-dealkylation sites (tertiary alicyclic amines) is 1. The van der Waals surface area contributed by atoms with Crippen LogP contribution in [-0.4, -0.2) is 55.7 Å². The van der Waals surface area contributed by atoms with Crippen molar-refractivity contribution < 1.29 is 23.1 Å². The van der Waals surface area contributed by atoms with Crippen LogP contribution in [0.25, 0.3) is 22.3 Å². The Morgan fingerprint density at radius 3 is 2.84 bits per heavy atom. The first kappa shape index (κ1) is 20.6. The zero-order valence-electron chi connectivity index (χ0n) is 16.0. The predicted molar refractivity (Wildman–Crippen MR) is 106 cm³/mol. The van der Waals surface area contributed by atoms with E-state index in [1.807, 2.05) is 0 Å². The van der Waals surface area contributed by atoms with Crippen molar-refractivity contribution >= 4 is 22.6 Å². The topological polar surface area (TPSA) is 105 Å². The fraction of sp³-hybridized carbons (Fsp3) is 0.238. The smallest absolute Gasteiger partial charge is 0.382 e. The molecule has 0 radical (unpaired) electrons. The average Bonchev–Trinajstić information content (AvgIpc) is 3.00. The number of aliphatic hydroxyl groups is 1. The summed E-state index contributed by atoms with van der Waals surface area (Å²) in [4.78, 5) is 25.5. The molecule has 7 nitrogen and oxygen atoms in total. The van der Waals surface area contributed by atoms with E-state index in [2.05, 4.69) is 26.8 Å². The molecule has 2 aromatic heterocycles. The predicted octanol–water partition coefficient (Wildman–Crippen LogP) is 2.15. The number of rotatable bonds is 2. The van der Waals surface area contributed by atoms with Gasteiger partial charge in [0.2, 0.25) is 5.60 Å². The van der Waals surface area contributed by atoms with Crippen LogP contribution in [0.5, 0.6) is 0 Å². The Morgan fingerprint density at radius 2 is 2.06 bits per heavy atom. The zero-order chi connectivity index (χ0) is 22.2. The van der Waals surface area contributed by atoms with Crippen LogP contribution in [-0.2, 0) is 4.79 Å². The highest BCUT2D eigenvalue weighted by Gasteiger charge is 2.47. The number of hydrogen-bond acceptors (Lipinski definition) is 6. The van der Waals surface area contributed by atoms with Crippen molar-refractivity contribution in [1.82, 2.24) is 19.9 Å². The number of alkyl halides is 3. The molecule has 31 heavy (non-hydrogen) atoms. The van der Waals surface area contributed by atoms with E-state index < -0.39 is 24.2 Å². The second-order valence-electron chi connectivity index (χ2n) is 7.11. The molecule has 1 unspecified atom stereocenters. The molecule has 1 aromatic carbocycles. The Labute approximate surface area is 174 Å². The number of carbonyl (C=O) groups excluding carboxylic acids is 1. The van der Waals surface area contributed by atoms with Crippen molar-refractivity contribution in [3.63, 3.8) is 0 Å². The summed E-state index contributed by atoms with van der Waals surface area (Å²) in [6.45, 7) is -1.63. The summed E-state index contributed by atoms with van der Waals surface area (Å²) in [7, 11) is 0. The number of pyridine rings is 1. The number of amides is 1. The van der Waals surface area contributed by atoms with Crippen molar-refractivity contribution in [2.75, 3.05) is 18.8 Å². The lowest BCUT2D eigenvalue weighted by molar-refractivity contribution is -0.162. The van der Waals surface area contributed by atoms with Gasteiger partial charge in [-0.15, -0.1) is 0 Å². The molecule has 0 bridgehead atoms. The van der Waals surface area contributed by atoms with Crippen molar-refractivity contribution in [2.45, 2.75) is 18.2 Å². The third kappa shape index (κ3) is 4.27. The monoisotopic (exact) mass is 427 g/mol. The SMILES string of the molecule is Nc1nccc2cnc(-c3cccc(C#CC4(O)CCN(CC(F)(F)F)C4=O)c3)nc12. The summed E-state index contributed by atoms with van der Waals surface area (Å²) in [5.74, 6) is 4.71. The molecule has 3 heterocycles. The minimum Gasteiger partial charge on any atom is -0.382 e. The molecule has 4 rings (SSSR count). The number of nitrogens with zero attached hydrogens (tertiary/aromatic N) is 4. The standard InChI is InChI=1S/C21H16F3N5O2/c22-21(23,24)12-29-9-7-20(31,19(29)30)6-4-13-2-1-3-14(10-13)18-27-11-15-5-8-26-17(25)16(15)28-18/h1-3,5,8,10-11,31H,7,9,12H2,(H2,25,26). The molecule has 1 fully saturated rings. The molecule has 3 aromatic rings. The van der Waals surface area contributed by atoms with Gasteiger partial charge < -0.3 is 15.7 Å². The number of hydrogen-bond donors (Lipinski definition) is 2. The van der Waals surface area contributed by atoms with Crippen LogP contribution in [0, 0.1) is 11.8 Å². The molecule has 158 valence electrons. The summed E-state index contributed by atoms with van der Waals surface area (Å²) < 4.78 is 37.7. The van der Waals surface area contributed by atoms with E-state index in [4.69, 9.17) is 5.73 Å². The zero-order valence-corrected chi connectivity index (χ0v) is 16.0. The van der Waals surface area contributed by atoms with Gasteiger partial charge in [0.15, 0.2) is 5.82 Å². The molecular formula is C21H16F3N5O2. The molecule has 0 spiro atoms. The minimum atomic E-state index is -4.54. The molecule has 10 heteroatoms. The van der Waals surface area contributed by atoms with Crippen LogP contribution < -0.4 is 5.73 Å². The second-order valence-corrected chi connectivity index (χ2v) is 7.11. The van der Waals surface area contributed by atoms with Gasteiger partial charge in [-0.2, -0.15) is 13.2 Å². The van der Waals surface area contributed by atoms with E-state index in [0.717, 1.165) is 5.39 Å². The number of anilines is 1. The van der Waals surface area contributed by atoms with Crippen LogP contribution >= 0.6 is 0 Å². The highest BCUT2D eigenvalue weighted by atomic mass is 19.4. The number of benzene rings is 1. The molecular weight excluding hydrogens is 411 g/mol. The Bertz CT molecular complexity index is 1230. The lowest BCUT2D eigenvalue weighted by Crippen LogP contribution is -2.42. The largest absolute Gasteiger partial charge is 0.406 e. The van der Waals surface area contributed by atoms with Gasteiger partial charge >= 0.3 is 6.18 Å². The summed E-state index contributed by atoms with van der Waals surface area (Å²) >= 11 is 0. The quantitative estimate of drug-likeness (QED) is 0.608. The van der Waals surface area contributed by atoms with Gasteiger partial charge in [0.05, 0.1) is 0 Å². The normalized spacial score (nSPS) is 18.8. The van der Waals surface area contributed by atoms with Crippen LogP contribution in [0.4, 0.5) is 19.0 Å². The molecule has 1 saturated heterocycles. The Hall–Kier alpha value is -3.71. The fourth-order valence-corrected chi connectivity index (χ4v) is 3.28. The molecule has 0 saturated carbocycles. The number of carbonyl (C=O) groups is 1. The van der Waals surface area contributed by atoms with Gasteiger partial charge in [-0.1, -0.05) is 24.0 Å². The molecule has 0 aliphatic carbocycles. The molecule has 1 aliphatic heterocycles. The highest BCUT2D eigenvalue weighted by molar-refractivity contribution is 5.91. The van der Waals surface area contributed by atoms with Gasteiger partial charge in [0, 0.05) is 41.9 Å². The third-order valence-corrected chi connectivity index (χ3v) is 4.82. The van der Waals surface area contributed by atoms with E-state index in [1.54, 1.807) is 42.7 Å². The van der Waals surface area contributed by atoms with Gasteiger partial charge in [0.1, 0.15) is 17.9 Å². The Kier molecular flexibility index (Phi) is 4.99.